The molecule has 7 heteroatoms. The van der Waals surface area contributed by atoms with E-state index in [1.807, 2.05) is 0 Å². The Bertz CT molecular complexity index is 595. The lowest BCUT2D eigenvalue weighted by atomic mass is 10.3. The van der Waals surface area contributed by atoms with Gasteiger partial charge in [-0.25, -0.2) is 4.79 Å². The van der Waals surface area contributed by atoms with Crippen molar-refractivity contribution >= 4 is 17.6 Å². The van der Waals surface area contributed by atoms with Crippen molar-refractivity contribution in [1.29, 1.82) is 0 Å². The van der Waals surface area contributed by atoms with Crippen LogP contribution in [0.4, 0.5) is 5.69 Å². The summed E-state index contributed by atoms with van der Waals surface area (Å²) >= 11 is 0. The highest BCUT2D eigenvalue weighted by Crippen LogP contribution is 2.17. The summed E-state index contributed by atoms with van der Waals surface area (Å²) in [5.74, 6) is -0.331. The molecule has 0 unspecified atom stereocenters. The minimum atomic E-state index is -0.475. The Hall–Kier alpha value is -2.83. The number of hydrogen-bond acceptors (Lipinski definition) is 5. The number of aromatic nitrogens is 2. The number of methoxy groups -OCH3 is 1. The van der Waals surface area contributed by atoms with Gasteiger partial charge >= 0.3 is 5.97 Å². The van der Waals surface area contributed by atoms with Crippen molar-refractivity contribution in [3.8, 4) is 5.75 Å². The van der Waals surface area contributed by atoms with E-state index in [0.29, 0.717) is 17.1 Å². The second-order valence-corrected chi connectivity index (χ2v) is 3.82. The summed E-state index contributed by atoms with van der Waals surface area (Å²) in [7, 11) is 1.28. The van der Waals surface area contributed by atoms with Gasteiger partial charge in [0.1, 0.15) is 11.4 Å². The molecule has 2 aromatic rings. The Morgan fingerprint density at radius 1 is 1.35 bits per heavy atom. The number of H-pyrrole nitrogens is 1. The Balaban J connectivity index is 1.99. The summed E-state index contributed by atoms with van der Waals surface area (Å²) < 4.78 is 9.70. The van der Waals surface area contributed by atoms with Gasteiger partial charge in [-0.05, 0) is 18.2 Å². The van der Waals surface area contributed by atoms with Gasteiger partial charge in [0.2, 0.25) is 0 Å². The molecule has 20 heavy (non-hydrogen) atoms. The van der Waals surface area contributed by atoms with E-state index in [0.717, 1.165) is 0 Å². The van der Waals surface area contributed by atoms with E-state index in [1.165, 1.54) is 13.3 Å². The number of rotatable bonds is 5. The Kier molecular flexibility index (Phi) is 4.33. The first-order valence-electron chi connectivity index (χ1n) is 5.79. The molecule has 0 fully saturated rings. The molecule has 0 saturated carbocycles. The van der Waals surface area contributed by atoms with Crippen molar-refractivity contribution in [2.75, 3.05) is 19.0 Å². The van der Waals surface area contributed by atoms with E-state index in [-0.39, 0.29) is 12.5 Å². The van der Waals surface area contributed by atoms with Gasteiger partial charge in [0.05, 0.1) is 7.11 Å². The van der Waals surface area contributed by atoms with Crippen LogP contribution in [-0.2, 0) is 9.53 Å². The Morgan fingerprint density at radius 2 is 2.20 bits per heavy atom. The van der Waals surface area contributed by atoms with E-state index >= 15 is 0 Å². The zero-order chi connectivity index (χ0) is 14.4. The van der Waals surface area contributed by atoms with Crippen molar-refractivity contribution in [2.45, 2.75) is 0 Å². The highest BCUT2D eigenvalue weighted by Gasteiger charge is 2.08. The number of carbonyl (C=O) groups is 2. The number of benzene rings is 1. The fourth-order valence-electron chi connectivity index (χ4n) is 1.45. The molecule has 0 aliphatic rings. The number of amides is 1. The van der Waals surface area contributed by atoms with Crippen LogP contribution in [0.1, 0.15) is 10.5 Å². The van der Waals surface area contributed by atoms with Crippen molar-refractivity contribution in [3.63, 3.8) is 0 Å². The third-order valence-electron chi connectivity index (χ3n) is 2.42. The second kappa shape index (κ2) is 6.37. The highest BCUT2D eigenvalue weighted by molar-refractivity contribution is 6.02. The van der Waals surface area contributed by atoms with Gasteiger partial charge in [-0.3, -0.25) is 9.89 Å². The lowest BCUT2D eigenvalue weighted by Crippen LogP contribution is -2.14. The van der Waals surface area contributed by atoms with Gasteiger partial charge in [-0.1, -0.05) is 6.07 Å². The van der Waals surface area contributed by atoms with Crippen LogP contribution < -0.4 is 10.1 Å². The number of carbonyl (C=O) groups excluding carboxylic acids is 2. The van der Waals surface area contributed by atoms with E-state index in [4.69, 9.17) is 4.74 Å². The minimum absolute atomic E-state index is 0.186. The smallest absolute Gasteiger partial charge is 0.343 e. The maximum absolute atomic E-state index is 11.8. The van der Waals surface area contributed by atoms with E-state index in [9.17, 15) is 9.59 Å². The zero-order valence-electron chi connectivity index (χ0n) is 10.8. The molecule has 1 heterocycles. The van der Waals surface area contributed by atoms with Gasteiger partial charge in [0, 0.05) is 18.0 Å². The topological polar surface area (TPSA) is 93.3 Å². The quantitative estimate of drug-likeness (QED) is 0.800. The first-order valence-corrected chi connectivity index (χ1v) is 5.79. The average Bonchev–Trinajstić information content (AvgIpc) is 2.99. The summed E-state index contributed by atoms with van der Waals surface area (Å²) in [6.07, 6.45) is 1.49. The fraction of sp³-hybridized carbons (Fsp3) is 0.154. The second-order valence-electron chi connectivity index (χ2n) is 3.82. The molecule has 2 N–H and O–H groups in total. The maximum atomic E-state index is 11.8. The van der Waals surface area contributed by atoms with Crippen LogP contribution in [0.5, 0.6) is 5.75 Å². The van der Waals surface area contributed by atoms with E-state index in [1.54, 1.807) is 30.3 Å². The van der Waals surface area contributed by atoms with Gasteiger partial charge < -0.3 is 14.8 Å². The van der Waals surface area contributed by atoms with Crippen LogP contribution in [0, 0.1) is 0 Å². The lowest BCUT2D eigenvalue weighted by molar-refractivity contribution is -0.142. The minimum Gasteiger partial charge on any atom is -0.482 e. The standard InChI is InChI=1S/C13H13N3O4/c1-19-12(17)8-20-10-4-2-3-9(7-10)15-13(18)11-5-6-14-16-11/h2-7H,8H2,1H3,(H,14,16)(H,15,18). The van der Waals surface area contributed by atoms with Crippen LogP contribution in [0.15, 0.2) is 36.5 Å². The molecule has 0 spiro atoms. The molecule has 0 aliphatic heterocycles. The molecule has 0 atom stereocenters. The molecular weight excluding hydrogens is 262 g/mol. The van der Waals surface area contributed by atoms with Gasteiger partial charge in [0.25, 0.3) is 5.91 Å². The molecule has 2 rings (SSSR count). The Morgan fingerprint density at radius 3 is 2.90 bits per heavy atom. The van der Waals surface area contributed by atoms with Crippen molar-refractivity contribution < 1.29 is 19.1 Å². The number of nitrogens with one attached hydrogen (secondary N) is 2. The predicted molar refractivity (Wildman–Crippen MR) is 70.5 cm³/mol. The normalized spacial score (nSPS) is 9.85. The number of ether oxygens (including phenoxy) is 2. The molecule has 1 amide bonds. The van der Waals surface area contributed by atoms with Gasteiger partial charge in [-0.2, -0.15) is 5.10 Å². The SMILES string of the molecule is COC(=O)COc1cccc(NC(=O)c2ccn[nH]2)c1. The summed E-state index contributed by atoms with van der Waals surface area (Å²) in [6, 6.07) is 8.26. The van der Waals surface area contributed by atoms with Gasteiger partial charge in [-0.15, -0.1) is 0 Å². The largest absolute Gasteiger partial charge is 0.482 e. The molecule has 7 nitrogen and oxygen atoms in total. The van der Waals surface area contributed by atoms with Crippen LogP contribution in [0.3, 0.4) is 0 Å². The lowest BCUT2D eigenvalue weighted by Gasteiger charge is -2.07. The summed E-state index contributed by atoms with van der Waals surface area (Å²) in [6.45, 7) is -0.186. The third-order valence-corrected chi connectivity index (χ3v) is 2.42. The predicted octanol–water partition coefficient (Wildman–Crippen LogP) is 1.21. The Labute approximate surface area is 114 Å². The van der Waals surface area contributed by atoms with Crippen molar-refractivity contribution in [2.24, 2.45) is 0 Å². The number of aromatic amines is 1. The maximum Gasteiger partial charge on any atom is 0.343 e. The molecule has 0 bridgehead atoms. The zero-order valence-corrected chi connectivity index (χ0v) is 10.8. The molecule has 0 aliphatic carbocycles. The average molecular weight is 275 g/mol. The third kappa shape index (κ3) is 3.58. The monoisotopic (exact) mass is 275 g/mol. The number of esters is 1. The van der Waals surface area contributed by atoms with Crippen molar-refractivity contribution in [1.82, 2.24) is 10.2 Å². The van der Waals surface area contributed by atoms with Crippen LogP contribution >= 0.6 is 0 Å². The molecule has 1 aromatic carbocycles. The fourth-order valence-corrected chi connectivity index (χ4v) is 1.45. The van der Waals surface area contributed by atoms with Crippen molar-refractivity contribution in [3.05, 3.63) is 42.2 Å². The molecule has 1 aromatic heterocycles. The van der Waals surface area contributed by atoms with Crippen LogP contribution in [0.25, 0.3) is 0 Å². The van der Waals surface area contributed by atoms with Crippen LogP contribution in [0.2, 0.25) is 0 Å². The summed E-state index contributed by atoms with van der Waals surface area (Å²) in [5, 5.41) is 8.94. The first-order chi connectivity index (χ1) is 9.69. The first kappa shape index (κ1) is 13.6. The van der Waals surface area contributed by atoms with E-state index < -0.39 is 5.97 Å². The highest BCUT2D eigenvalue weighted by atomic mass is 16.6. The number of anilines is 1. The van der Waals surface area contributed by atoms with E-state index in [2.05, 4.69) is 20.3 Å². The number of nitrogens with zero attached hydrogens (tertiary/aromatic N) is 1. The molecule has 104 valence electrons. The molecular formula is C13H13N3O4. The summed E-state index contributed by atoms with van der Waals surface area (Å²) in [4.78, 5) is 22.8. The number of hydrogen-bond donors (Lipinski definition) is 2. The van der Waals surface area contributed by atoms with Crippen LogP contribution in [-0.4, -0.2) is 35.8 Å². The van der Waals surface area contributed by atoms with Gasteiger partial charge in [0.15, 0.2) is 6.61 Å². The molecule has 0 saturated heterocycles. The molecule has 0 radical (unpaired) electrons. The summed E-state index contributed by atoms with van der Waals surface area (Å²) in [5.41, 5.74) is 0.901.